The van der Waals surface area contributed by atoms with Crippen LogP contribution in [0, 0.1) is 30.6 Å². The minimum absolute atomic E-state index is 0.0452. The first-order chi connectivity index (χ1) is 19.0. The van der Waals surface area contributed by atoms with Crippen molar-refractivity contribution >= 4 is 17.3 Å². The molecule has 0 saturated heterocycles. The molecule has 226 valence electrons. The van der Waals surface area contributed by atoms with Gasteiger partial charge in [-0.05, 0) is 79.4 Å². The van der Waals surface area contributed by atoms with Gasteiger partial charge in [-0.15, -0.1) is 0 Å². The number of carbonyl (C=O) groups is 3. The maximum atomic E-state index is 13.5. The predicted octanol–water partition coefficient (Wildman–Crippen LogP) is 10.2. The van der Waals surface area contributed by atoms with Crippen LogP contribution >= 0.6 is 0 Å². The molecule has 1 fully saturated rings. The van der Waals surface area contributed by atoms with Crippen LogP contribution in [-0.4, -0.2) is 17.3 Å². The van der Waals surface area contributed by atoms with E-state index in [2.05, 4.69) is 60.6 Å². The molecule has 40 heavy (non-hydrogen) atoms. The lowest BCUT2D eigenvalue weighted by molar-refractivity contribution is -0.129. The van der Waals surface area contributed by atoms with Crippen molar-refractivity contribution < 1.29 is 14.4 Å². The van der Waals surface area contributed by atoms with Gasteiger partial charge < -0.3 is 0 Å². The van der Waals surface area contributed by atoms with Crippen LogP contribution in [0.5, 0.6) is 0 Å². The Morgan fingerprint density at radius 3 is 2.23 bits per heavy atom. The minimum Gasteiger partial charge on any atom is -0.300 e. The third-order valence-corrected chi connectivity index (χ3v) is 9.57. The van der Waals surface area contributed by atoms with Gasteiger partial charge in [0.25, 0.3) is 0 Å². The highest BCUT2D eigenvalue weighted by Crippen LogP contribution is 2.40. The molecule has 0 heterocycles. The van der Waals surface area contributed by atoms with Crippen LogP contribution in [0.3, 0.4) is 0 Å². The van der Waals surface area contributed by atoms with Crippen molar-refractivity contribution in [1.29, 1.82) is 0 Å². The van der Waals surface area contributed by atoms with Gasteiger partial charge in [0.15, 0.2) is 5.78 Å². The molecule has 3 atom stereocenters. The van der Waals surface area contributed by atoms with Crippen LogP contribution in [0.4, 0.5) is 0 Å². The van der Waals surface area contributed by atoms with Crippen LogP contribution in [-0.2, 0) is 21.4 Å². The quantitative estimate of drug-likeness (QED) is 0.216. The molecule has 0 aliphatic heterocycles. The van der Waals surface area contributed by atoms with E-state index in [0.717, 1.165) is 43.6 Å². The molecule has 0 radical (unpaired) electrons. The Morgan fingerprint density at radius 1 is 1.00 bits per heavy atom. The third kappa shape index (κ3) is 9.66. The van der Waals surface area contributed by atoms with E-state index in [9.17, 15) is 14.4 Å². The summed E-state index contributed by atoms with van der Waals surface area (Å²) >= 11 is 0. The molecule has 2 aliphatic carbocycles. The molecule has 0 spiro atoms. The SMILES string of the molecule is CCC.CCCC(CC1CC(=O)c2c(ccc(C(C)(C)CCCC3CCCC3)c2C)C1)C(CC)C(=O)CC(C)=O. The Balaban J connectivity index is 0.00000178. The number of Topliss-reactive ketones (excluding diaryl/α,β-unsaturated/α-hetero) is 3. The van der Waals surface area contributed by atoms with Gasteiger partial charge in [0.2, 0.25) is 0 Å². The molecule has 3 heteroatoms. The van der Waals surface area contributed by atoms with Crippen molar-refractivity contribution in [1.82, 2.24) is 0 Å². The maximum absolute atomic E-state index is 13.5. The Kier molecular flexibility index (Phi) is 14.3. The summed E-state index contributed by atoms with van der Waals surface area (Å²) in [5, 5.41) is 0. The summed E-state index contributed by atoms with van der Waals surface area (Å²) in [6.07, 6.45) is 15.9. The zero-order valence-corrected chi connectivity index (χ0v) is 27.3. The monoisotopic (exact) mass is 552 g/mol. The molecule has 2 aliphatic rings. The molecule has 0 N–H and O–H groups in total. The van der Waals surface area contributed by atoms with Crippen LogP contribution in [0.25, 0.3) is 0 Å². The summed E-state index contributed by atoms with van der Waals surface area (Å²) in [4.78, 5) is 38.0. The second-order valence-electron chi connectivity index (χ2n) is 13.7. The van der Waals surface area contributed by atoms with Gasteiger partial charge in [-0.2, -0.15) is 0 Å². The molecule has 0 aromatic heterocycles. The standard InChI is InChI=1S/C34H52O3.C3H8/c1-7-12-27(29(8-2)31(36)19-23(3)35)20-26-21-28-16-17-30(24(4)33(28)32(37)22-26)34(5,6)18-11-15-25-13-9-10-14-25;1-3-2/h16-17,25-27,29H,7-15,18-22H2,1-6H3;3H2,1-2H3. The molecule has 3 nitrogen and oxygen atoms in total. The average Bonchev–Trinajstić information content (AvgIpc) is 3.38. The fourth-order valence-corrected chi connectivity index (χ4v) is 7.72. The van der Waals surface area contributed by atoms with Crippen molar-refractivity contribution in [2.45, 2.75) is 157 Å². The fraction of sp³-hybridized carbons (Fsp3) is 0.757. The zero-order valence-electron chi connectivity index (χ0n) is 27.3. The smallest absolute Gasteiger partial charge is 0.163 e. The van der Waals surface area contributed by atoms with E-state index in [1.807, 2.05) is 0 Å². The van der Waals surface area contributed by atoms with Crippen LogP contribution in [0.1, 0.15) is 165 Å². The summed E-state index contributed by atoms with van der Waals surface area (Å²) in [6.45, 7) is 16.8. The Hall–Kier alpha value is -1.77. The Bertz CT molecular complexity index is 966. The minimum atomic E-state index is -0.0745. The second kappa shape index (κ2) is 16.6. The Morgan fingerprint density at radius 2 is 1.65 bits per heavy atom. The summed E-state index contributed by atoms with van der Waals surface area (Å²) in [5.74, 6) is 1.71. The maximum Gasteiger partial charge on any atom is 0.163 e. The first-order valence-electron chi connectivity index (χ1n) is 16.7. The third-order valence-electron chi connectivity index (χ3n) is 9.57. The average molecular weight is 553 g/mol. The number of ketones is 3. The second-order valence-corrected chi connectivity index (χ2v) is 13.7. The lowest BCUT2D eigenvalue weighted by Gasteiger charge is -2.34. The van der Waals surface area contributed by atoms with Gasteiger partial charge in [0.1, 0.15) is 11.6 Å². The molecule has 0 amide bonds. The van der Waals surface area contributed by atoms with Gasteiger partial charge in [-0.25, -0.2) is 0 Å². The van der Waals surface area contributed by atoms with Crippen molar-refractivity contribution in [3.05, 3.63) is 34.4 Å². The predicted molar refractivity (Wildman–Crippen MR) is 169 cm³/mol. The first-order valence-corrected chi connectivity index (χ1v) is 16.7. The number of carbonyl (C=O) groups excluding carboxylic acids is 3. The highest BCUT2D eigenvalue weighted by molar-refractivity contribution is 6.00. The Labute approximate surface area is 246 Å². The van der Waals surface area contributed by atoms with E-state index >= 15 is 0 Å². The lowest BCUT2D eigenvalue weighted by atomic mass is 9.70. The van der Waals surface area contributed by atoms with Gasteiger partial charge in [0.05, 0.1) is 6.42 Å². The van der Waals surface area contributed by atoms with Crippen molar-refractivity contribution in [3.63, 3.8) is 0 Å². The first kappa shape index (κ1) is 34.4. The molecular weight excluding hydrogens is 492 g/mol. The van der Waals surface area contributed by atoms with E-state index < -0.39 is 0 Å². The van der Waals surface area contributed by atoms with Gasteiger partial charge >= 0.3 is 0 Å². The highest BCUT2D eigenvalue weighted by atomic mass is 16.1. The van der Waals surface area contributed by atoms with Gasteiger partial charge in [0, 0.05) is 17.9 Å². The number of rotatable bonds is 14. The molecule has 0 bridgehead atoms. The zero-order chi connectivity index (χ0) is 29.9. The van der Waals surface area contributed by atoms with Crippen molar-refractivity contribution in [3.8, 4) is 0 Å². The summed E-state index contributed by atoms with van der Waals surface area (Å²) in [7, 11) is 0. The van der Waals surface area contributed by atoms with Crippen LogP contribution < -0.4 is 0 Å². The number of benzene rings is 1. The van der Waals surface area contributed by atoms with E-state index in [0.29, 0.717) is 6.42 Å². The van der Waals surface area contributed by atoms with Crippen molar-refractivity contribution in [2.75, 3.05) is 0 Å². The van der Waals surface area contributed by atoms with Crippen LogP contribution in [0.15, 0.2) is 12.1 Å². The topological polar surface area (TPSA) is 51.2 Å². The number of fused-ring (bicyclic) bond motifs is 1. The normalized spacial score (nSPS) is 19.0. The summed E-state index contributed by atoms with van der Waals surface area (Å²) < 4.78 is 0. The van der Waals surface area contributed by atoms with Crippen molar-refractivity contribution in [2.24, 2.45) is 23.7 Å². The van der Waals surface area contributed by atoms with E-state index in [1.54, 1.807) is 0 Å². The lowest BCUT2D eigenvalue weighted by Crippen LogP contribution is -2.30. The molecular formula is C37H60O3. The number of hydrogen-bond acceptors (Lipinski definition) is 3. The summed E-state index contributed by atoms with van der Waals surface area (Å²) in [5.41, 5.74) is 4.79. The molecule has 3 unspecified atom stereocenters. The summed E-state index contributed by atoms with van der Waals surface area (Å²) in [6, 6.07) is 4.53. The van der Waals surface area contributed by atoms with Gasteiger partial charge in [-0.1, -0.05) is 111 Å². The van der Waals surface area contributed by atoms with Crippen LogP contribution in [0.2, 0.25) is 0 Å². The highest BCUT2D eigenvalue weighted by Gasteiger charge is 2.34. The molecule has 1 aromatic carbocycles. The van der Waals surface area contributed by atoms with E-state index in [4.69, 9.17) is 0 Å². The molecule has 1 saturated carbocycles. The largest absolute Gasteiger partial charge is 0.300 e. The van der Waals surface area contributed by atoms with E-state index in [1.165, 1.54) is 75.0 Å². The molecule has 3 rings (SSSR count). The molecule has 1 aromatic rings. The fourth-order valence-electron chi connectivity index (χ4n) is 7.72. The van der Waals surface area contributed by atoms with E-state index in [-0.39, 0.29) is 46.9 Å². The van der Waals surface area contributed by atoms with Gasteiger partial charge in [-0.3, -0.25) is 14.4 Å². The number of hydrogen-bond donors (Lipinski definition) is 0.